The normalized spacial score (nSPS) is 17.7. The number of nitrogens with zero attached hydrogens (tertiary/aromatic N) is 4. The third-order valence-corrected chi connectivity index (χ3v) is 4.14. The summed E-state index contributed by atoms with van der Waals surface area (Å²) in [6, 6.07) is 7.33. The highest BCUT2D eigenvalue weighted by atomic mass is 35.5. The average molecular weight is 313 g/mol. The predicted molar refractivity (Wildman–Crippen MR) is 83.0 cm³/mol. The Morgan fingerprint density at radius 2 is 1.95 bits per heavy atom. The molecular formula is C16H13ClN4O. The van der Waals surface area contributed by atoms with Gasteiger partial charge in [-0.05, 0) is 36.6 Å². The molecule has 4 rings (SSSR count). The summed E-state index contributed by atoms with van der Waals surface area (Å²) in [6.45, 7) is 2.07. The van der Waals surface area contributed by atoms with E-state index in [1.54, 1.807) is 22.8 Å². The monoisotopic (exact) mass is 312 g/mol. The average Bonchev–Trinajstić information content (AvgIpc) is 2.89. The van der Waals surface area contributed by atoms with Crippen molar-refractivity contribution in [3.63, 3.8) is 0 Å². The van der Waals surface area contributed by atoms with Gasteiger partial charge in [-0.25, -0.2) is 9.50 Å². The van der Waals surface area contributed by atoms with Crippen LogP contribution < -0.4 is 0 Å². The molecule has 1 aliphatic carbocycles. The molecule has 0 saturated carbocycles. The van der Waals surface area contributed by atoms with Crippen molar-refractivity contribution < 1.29 is 4.79 Å². The third-order valence-electron chi connectivity index (χ3n) is 3.89. The zero-order chi connectivity index (χ0) is 15.3. The lowest BCUT2D eigenvalue weighted by atomic mass is 9.88. The molecule has 1 aliphatic rings. The van der Waals surface area contributed by atoms with Crippen LogP contribution in [0.4, 0.5) is 0 Å². The highest BCUT2D eigenvalue weighted by molar-refractivity contribution is 6.30. The van der Waals surface area contributed by atoms with Gasteiger partial charge in [-0.3, -0.25) is 4.79 Å². The van der Waals surface area contributed by atoms with Gasteiger partial charge in [0, 0.05) is 23.2 Å². The van der Waals surface area contributed by atoms with E-state index >= 15 is 0 Å². The van der Waals surface area contributed by atoms with Gasteiger partial charge in [0.2, 0.25) is 0 Å². The number of carbonyl (C=O) groups excluding carboxylic acids is 1. The van der Waals surface area contributed by atoms with Crippen LogP contribution in [0.5, 0.6) is 0 Å². The van der Waals surface area contributed by atoms with E-state index in [9.17, 15) is 4.79 Å². The number of halogens is 1. The quantitative estimate of drug-likeness (QED) is 0.692. The molecule has 0 saturated heterocycles. The topological polar surface area (TPSA) is 60.2 Å². The van der Waals surface area contributed by atoms with Crippen LogP contribution in [0.3, 0.4) is 0 Å². The van der Waals surface area contributed by atoms with E-state index in [1.165, 1.54) is 0 Å². The Bertz CT molecular complexity index is 885. The van der Waals surface area contributed by atoms with E-state index in [1.807, 2.05) is 12.1 Å². The first-order valence-electron chi connectivity index (χ1n) is 7.15. The Labute approximate surface area is 132 Å². The summed E-state index contributed by atoms with van der Waals surface area (Å²) >= 11 is 5.90. The molecule has 0 N–H and O–H groups in total. The van der Waals surface area contributed by atoms with Gasteiger partial charge in [0.25, 0.3) is 5.78 Å². The number of hydrogen-bond acceptors (Lipinski definition) is 4. The number of Topliss-reactive ketones (excluding diaryl/α,β-unsaturated/α-hetero) is 1. The minimum absolute atomic E-state index is 0.131. The van der Waals surface area contributed by atoms with E-state index in [0.29, 0.717) is 34.5 Å². The maximum Gasteiger partial charge on any atom is 0.252 e. The third kappa shape index (κ3) is 2.18. The number of benzene rings is 1. The second-order valence-corrected chi connectivity index (χ2v) is 6.16. The van der Waals surface area contributed by atoms with Gasteiger partial charge in [-0.15, -0.1) is 5.10 Å². The fourth-order valence-corrected chi connectivity index (χ4v) is 2.92. The van der Waals surface area contributed by atoms with Gasteiger partial charge >= 0.3 is 0 Å². The van der Waals surface area contributed by atoms with Crippen molar-refractivity contribution in [2.24, 2.45) is 5.92 Å². The van der Waals surface area contributed by atoms with Crippen LogP contribution in [0.1, 0.15) is 29.4 Å². The van der Waals surface area contributed by atoms with Gasteiger partial charge in [-0.1, -0.05) is 18.5 Å². The minimum Gasteiger partial charge on any atom is -0.294 e. The van der Waals surface area contributed by atoms with Crippen molar-refractivity contribution in [3.05, 3.63) is 46.7 Å². The summed E-state index contributed by atoms with van der Waals surface area (Å²) in [5.74, 6) is 1.55. The molecule has 3 aromatic rings. The molecule has 0 amide bonds. The maximum absolute atomic E-state index is 12.1. The molecule has 0 radical (unpaired) electrons. The molecule has 2 heterocycles. The maximum atomic E-state index is 12.1. The standard InChI is InChI=1S/C16H13ClN4O/c1-9-6-13-12(14(22)7-9)8-21-16(18-13)19-15(20-21)10-2-4-11(17)5-3-10/h2-5,8-9H,6-7H2,1H3. The molecule has 1 atom stereocenters. The van der Waals surface area contributed by atoms with Crippen molar-refractivity contribution in [1.29, 1.82) is 0 Å². The molecule has 110 valence electrons. The summed E-state index contributed by atoms with van der Waals surface area (Å²) in [5, 5.41) is 5.09. The molecular weight excluding hydrogens is 300 g/mol. The van der Waals surface area contributed by atoms with Crippen molar-refractivity contribution in [2.75, 3.05) is 0 Å². The molecule has 5 nitrogen and oxygen atoms in total. The molecule has 2 aromatic heterocycles. The first-order valence-corrected chi connectivity index (χ1v) is 7.53. The Morgan fingerprint density at radius 3 is 2.73 bits per heavy atom. The number of fused-ring (bicyclic) bond motifs is 2. The molecule has 22 heavy (non-hydrogen) atoms. The summed E-state index contributed by atoms with van der Waals surface area (Å²) in [4.78, 5) is 21.1. The first-order chi connectivity index (χ1) is 10.6. The van der Waals surface area contributed by atoms with Gasteiger partial charge in [0.1, 0.15) is 0 Å². The largest absolute Gasteiger partial charge is 0.294 e. The van der Waals surface area contributed by atoms with Crippen LogP contribution in [0, 0.1) is 5.92 Å². The second-order valence-electron chi connectivity index (χ2n) is 5.72. The van der Waals surface area contributed by atoms with E-state index in [4.69, 9.17) is 11.6 Å². The summed E-state index contributed by atoms with van der Waals surface area (Å²) in [6.07, 6.45) is 3.12. The van der Waals surface area contributed by atoms with Gasteiger partial charge in [-0.2, -0.15) is 4.98 Å². The van der Waals surface area contributed by atoms with Gasteiger partial charge in [0.05, 0.1) is 11.3 Å². The van der Waals surface area contributed by atoms with Gasteiger partial charge in [0.15, 0.2) is 11.6 Å². The second kappa shape index (κ2) is 4.88. The Hall–Kier alpha value is -2.27. The number of carbonyl (C=O) groups is 1. The van der Waals surface area contributed by atoms with Crippen LogP contribution in [0.25, 0.3) is 17.2 Å². The van der Waals surface area contributed by atoms with Crippen LogP contribution in [0.15, 0.2) is 30.5 Å². The van der Waals surface area contributed by atoms with Crippen molar-refractivity contribution in [2.45, 2.75) is 19.8 Å². The molecule has 0 bridgehead atoms. The number of aromatic nitrogens is 4. The Morgan fingerprint density at radius 1 is 1.18 bits per heavy atom. The lowest BCUT2D eigenvalue weighted by Crippen LogP contribution is -2.20. The zero-order valence-electron chi connectivity index (χ0n) is 12.0. The highest BCUT2D eigenvalue weighted by Gasteiger charge is 2.25. The number of ketones is 1. The Balaban J connectivity index is 1.84. The molecule has 0 spiro atoms. The van der Waals surface area contributed by atoms with Crippen LogP contribution in [-0.2, 0) is 6.42 Å². The van der Waals surface area contributed by atoms with E-state index in [-0.39, 0.29) is 5.78 Å². The molecule has 0 aliphatic heterocycles. The van der Waals surface area contributed by atoms with Crippen LogP contribution in [0.2, 0.25) is 5.02 Å². The van der Waals surface area contributed by atoms with Crippen molar-refractivity contribution in [1.82, 2.24) is 19.6 Å². The molecule has 0 fully saturated rings. The van der Waals surface area contributed by atoms with Gasteiger partial charge < -0.3 is 0 Å². The van der Waals surface area contributed by atoms with E-state index in [2.05, 4.69) is 22.0 Å². The predicted octanol–water partition coefficient (Wildman–Crippen LogP) is 3.21. The SMILES string of the molecule is CC1CC(=O)c2cn3nc(-c4ccc(Cl)cc4)nc3nc2C1. The minimum atomic E-state index is 0.131. The van der Waals surface area contributed by atoms with E-state index in [0.717, 1.165) is 17.7 Å². The molecule has 1 aromatic carbocycles. The lowest BCUT2D eigenvalue weighted by Gasteiger charge is -2.18. The first kappa shape index (κ1) is 13.4. The van der Waals surface area contributed by atoms with E-state index < -0.39 is 0 Å². The van der Waals surface area contributed by atoms with Crippen molar-refractivity contribution in [3.8, 4) is 11.4 Å². The summed E-state index contributed by atoms with van der Waals surface area (Å²) in [5.41, 5.74) is 2.36. The van der Waals surface area contributed by atoms with Crippen molar-refractivity contribution >= 4 is 23.2 Å². The molecule has 1 unspecified atom stereocenters. The highest BCUT2D eigenvalue weighted by Crippen LogP contribution is 2.25. The Kier molecular flexibility index (Phi) is 2.97. The number of hydrogen-bond donors (Lipinski definition) is 0. The number of rotatable bonds is 1. The van der Waals surface area contributed by atoms with Crippen LogP contribution >= 0.6 is 11.6 Å². The fourth-order valence-electron chi connectivity index (χ4n) is 2.79. The van der Waals surface area contributed by atoms with Crippen LogP contribution in [-0.4, -0.2) is 25.4 Å². The summed E-state index contributed by atoms with van der Waals surface area (Å²) < 4.78 is 1.58. The molecule has 6 heteroatoms. The fraction of sp³-hybridized carbons (Fsp3) is 0.250. The lowest BCUT2D eigenvalue weighted by molar-refractivity contribution is 0.0951. The summed E-state index contributed by atoms with van der Waals surface area (Å²) in [7, 11) is 0. The smallest absolute Gasteiger partial charge is 0.252 e. The zero-order valence-corrected chi connectivity index (χ0v) is 12.7.